The highest BCUT2D eigenvalue weighted by Gasteiger charge is 2.44. The van der Waals surface area contributed by atoms with Crippen molar-refractivity contribution in [2.24, 2.45) is 0 Å². The number of hydrogen-bond donors (Lipinski definition) is 4. The molecule has 0 aromatic heterocycles. The number of carbonyl (C=O) groups is 1. The van der Waals surface area contributed by atoms with Crippen LogP contribution in [0.5, 0.6) is 0 Å². The number of ether oxygens (including phenoxy) is 4. The van der Waals surface area contributed by atoms with Gasteiger partial charge in [-0.25, -0.2) is 0 Å². The van der Waals surface area contributed by atoms with E-state index >= 15 is 0 Å². The maximum Gasteiger partial charge on any atom is 0.305 e. The molecule has 1 aliphatic heterocycles. The van der Waals surface area contributed by atoms with E-state index in [0.717, 1.165) is 12.8 Å². The van der Waals surface area contributed by atoms with Gasteiger partial charge in [0.05, 0.1) is 19.8 Å². The van der Waals surface area contributed by atoms with Gasteiger partial charge < -0.3 is 39.4 Å². The Morgan fingerprint density at radius 1 is 0.700 bits per heavy atom. The fraction of sp³-hybridized carbons (Fsp3) is 0.968. The third kappa shape index (κ3) is 17.2. The van der Waals surface area contributed by atoms with E-state index in [1.54, 1.807) is 6.92 Å². The van der Waals surface area contributed by atoms with Crippen molar-refractivity contribution >= 4 is 5.97 Å². The van der Waals surface area contributed by atoms with Crippen LogP contribution in [0.25, 0.3) is 0 Å². The lowest BCUT2D eigenvalue weighted by molar-refractivity contribution is -0.305. The van der Waals surface area contributed by atoms with E-state index in [1.165, 1.54) is 96.3 Å². The summed E-state index contributed by atoms with van der Waals surface area (Å²) in [5, 5.41) is 39.2. The van der Waals surface area contributed by atoms with E-state index in [4.69, 9.17) is 18.9 Å². The molecule has 1 aliphatic rings. The van der Waals surface area contributed by atoms with Crippen molar-refractivity contribution in [3.05, 3.63) is 0 Å². The standard InChI is InChI=1S/C31H60O9/c1-3-5-6-7-8-9-10-11-12-13-14-15-16-17-18-19-20-21-37-23-25(39-27(33)4-2)24-38-31-30(36)29(35)28(34)26(22-32)40-31/h25-26,28-32,34-36H,3-24H2,1-2H3. The van der Waals surface area contributed by atoms with E-state index in [-0.39, 0.29) is 19.6 Å². The molecule has 238 valence electrons. The third-order valence-corrected chi connectivity index (χ3v) is 7.58. The SMILES string of the molecule is CCCCCCCCCCCCCCCCCCCOCC(COC1OC(CO)C(O)C(O)C1O)OC(=O)CC. The van der Waals surface area contributed by atoms with Crippen LogP contribution in [0, 0.1) is 0 Å². The van der Waals surface area contributed by atoms with E-state index in [0.29, 0.717) is 6.61 Å². The Morgan fingerprint density at radius 2 is 1.20 bits per heavy atom. The summed E-state index contributed by atoms with van der Waals surface area (Å²) in [6.45, 7) is 4.00. The first-order chi connectivity index (χ1) is 19.4. The maximum atomic E-state index is 11.8. The van der Waals surface area contributed by atoms with Gasteiger partial charge in [0.15, 0.2) is 6.29 Å². The first kappa shape index (κ1) is 37.2. The summed E-state index contributed by atoms with van der Waals surface area (Å²) in [7, 11) is 0. The average molecular weight is 577 g/mol. The van der Waals surface area contributed by atoms with E-state index in [9.17, 15) is 25.2 Å². The molecule has 0 saturated carbocycles. The quantitative estimate of drug-likeness (QED) is 0.0846. The van der Waals surface area contributed by atoms with Crippen LogP contribution in [0.4, 0.5) is 0 Å². The zero-order chi connectivity index (χ0) is 29.4. The van der Waals surface area contributed by atoms with Crippen LogP contribution < -0.4 is 0 Å². The van der Waals surface area contributed by atoms with Crippen LogP contribution in [0.2, 0.25) is 0 Å². The van der Waals surface area contributed by atoms with Crippen molar-refractivity contribution in [3.8, 4) is 0 Å². The molecule has 0 amide bonds. The molecule has 0 radical (unpaired) electrons. The molecule has 0 aromatic rings. The third-order valence-electron chi connectivity index (χ3n) is 7.58. The number of carbonyl (C=O) groups excluding carboxylic acids is 1. The zero-order valence-corrected chi connectivity index (χ0v) is 25.4. The number of aliphatic hydroxyl groups is 4. The molecular weight excluding hydrogens is 516 g/mol. The van der Waals surface area contributed by atoms with Crippen molar-refractivity contribution in [3.63, 3.8) is 0 Å². The molecule has 0 bridgehead atoms. The molecule has 1 fully saturated rings. The van der Waals surface area contributed by atoms with Crippen molar-refractivity contribution in [1.82, 2.24) is 0 Å². The van der Waals surface area contributed by atoms with Crippen molar-refractivity contribution in [1.29, 1.82) is 0 Å². The van der Waals surface area contributed by atoms with Gasteiger partial charge in [-0.2, -0.15) is 0 Å². The summed E-state index contributed by atoms with van der Waals surface area (Å²) in [4.78, 5) is 11.8. The van der Waals surface area contributed by atoms with Crippen LogP contribution in [-0.4, -0.2) is 89.6 Å². The Morgan fingerprint density at radius 3 is 1.68 bits per heavy atom. The van der Waals surface area contributed by atoms with Gasteiger partial charge in [0.25, 0.3) is 0 Å². The van der Waals surface area contributed by atoms with Crippen LogP contribution in [0.3, 0.4) is 0 Å². The zero-order valence-electron chi connectivity index (χ0n) is 25.4. The molecule has 6 atom stereocenters. The second kappa shape index (κ2) is 24.8. The fourth-order valence-corrected chi connectivity index (χ4v) is 4.94. The smallest absolute Gasteiger partial charge is 0.305 e. The monoisotopic (exact) mass is 576 g/mol. The molecule has 1 rings (SSSR count). The molecule has 40 heavy (non-hydrogen) atoms. The Bertz CT molecular complexity index is 589. The van der Waals surface area contributed by atoms with Gasteiger partial charge in [-0.3, -0.25) is 4.79 Å². The number of hydrogen-bond acceptors (Lipinski definition) is 9. The largest absolute Gasteiger partial charge is 0.457 e. The minimum Gasteiger partial charge on any atom is -0.457 e. The van der Waals surface area contributed by atoms with Crippen molar-refractivity contribution in [2.45, 2.75) is 166 Å². The summed E-state index contributed by atoms with van der Waals surface area (Å²) in [6.07, 6.45) is 15.0. The molecule has 9 nitrogen and oxygen atoms in total. The minimum absolute atomic E-state index is 0.118. The Labute approximate surface area is 242 Å². The fourth-order valence-electron chi connectivity index (χ4n) is 4.94. The Hall–Kier alpha value is -0.810. The lowest BCUT2D eigenvalue weighted by Crippen LogP contribution is -2.59. The molecule has 6 unspecified atom stereocenters. The molecular formula is C31H60O9. The van der Waals surface area contributed by atoms with Crippen LogP contribution >= 0.6 is 0 Å². The minimum atomic E-state index is -1.52. The molecule has 0 aromatic carbocycles. The van der Waals surface area contributed by atoms with E-state index < -0.39 is 49.4 Å². The molecule has 4 N–H and O–H groups in total. The molecule has 1 heterocycles. The van der Waals surface area contributed by atoms with E-state index in [1.807, 2.05) is 0 Å². The van der Waals surface area contributed by atoms with Gasteiger partial charge >= 0.3 is 5.97 Å². The van der Waals surface area contributed by atoms with Crippen molar-refractivity contribution in [2.75, 3.05) is 26.4 Å². The predicted octanol–water partition coefficient (Wildman–Crippen LogP) is 4.79. The number of esters is 1. The lowest BCUT2D eigenvalue weighted by Gasteiger charge is -2.39. The number of aliphatic hydroxyl groups excluding tert-OH is 4. The van der Waals surface area contributed by atoms with Gasteiger partial charge in [-0.05, 0) is 6.42 Å². The highest BCUT2D eigenvalue weighted by molar-refractivity contribution is 5.69. The summed E-state index contributed by atoms with van der Waals surface area (Å²) < 4.78 is 22.0. The maximum absolute atomic E-state index is 11.8. The summed E-state index contributed by atoms with van der Waals surface area (Å²) in [5.41, 5.74) is 0. The first-order valence-electron chi connectivity index (χ1n) is 16.1. The molecule has 0 aliphatic carbocycles. The Kier molecular flexibility index (Phi) is 23.0. The Balaban J connectivity index is 2.06. The van der Waals surface area contributed by atoms with Crippen molar-refractivity contribution < 1.29 is 44.2 Å². The summed E-state index contributed by atoms with van der Waals surface area (Å²) >= 11 is 0. The predicted molar refractivity (Wildman–Crippen MR) is 155 cm³/mol. The molecule has 1 saturated heterocycles. The molecule has 0 spiro atoms. The topological polar surface area (TPSA) is 135 Å². The number of rotatable bonds is 26. The van der Waals surface area contributed by atoms with Gasteiger partial charge in [-0.1, -0.05) is 117 Å². The second-order valence-electron chi connectivity index (χ2n) is 11.2. The summed E-state index contributed by atoms with van der Waals surface area (Å²) in [6, 6.07) is 0. The van der Waals surface area contributed by atoms with Crippen LogP contribution in [-0.2, 0) is 23.7 Å². The number of unbranched alkanes of at least 4 members (excludes halogenated alkanes) is 16. The summed E-state index contributed by atoms with van der Waals surface area (Å²) in [5.74, 6) is -0.399. The van der Waals surface area contributed by atoms with Gasteiger partial charge in [0, 0.05) is 13.0 Å². The highest BCUT2D eigenvalue weighted by Crippen LogP contribution is 2.22. The second-order valence-corrected chi connectivity index (χ2v) is 11.2. The normalized spacial score (nSPS) is 23.8. The molecule has 9 heteroatoms. The van der Waals surface area contributed by atoms with Gasteiger partial charge in [-0.15, -0.1) is 0 Å². The van der Waals surface area contributed by atoms with Crippen LogP contribution in [0.1, 0.15) is 129 Å². The van der Waals surface area contributed by atoms with Gasteiger partial charge in [0.2, 0.25) is 0 Å². The van der Waals surface area contributed by atoms with Gasteiger partial charge in [0.1, 0.15) is 30.5 Å². The van der Waals surface area contributed by atoms with E-state index in [2.05, 4.69) is 6.92 Å². The average Bonchev–Trinajstić information content (AvgIpc) is 2.96. The lowest BCUT2D eigenvalue weighted by atomic mass is 9.99. The highest BCUT2D eigenvalue weighted by atomic mass is 16.7. The van der Waals surface area contributed by atoms with Crippen LogP contribution in [0.15, 0.2) is 0 Å². The first-order valence-corrected chi connectivity index (χ1v) is 16.1.